The lowest BCUT2D eigenvalue weighted by molar-refractivity contribution is -0.443. The molecule has 0 radical (unpaired) electrons. The van der Waals surface area contributed by atoms with Crippen molar-refractivity contribution in [3.63, 3.8) is 0 Å². The summed E-state index contributed by atoms with van der Waals surface area (Å²) in [6, 6.07) is 8.55. The molecule has 0 aliphatic heterocycles. The Morgan fingerprint density at radius 1 is 0.674 bits per heavy atom. The van der Waals surface area contributed by atoms with Crippen LogP contribution in [-0.2, 0) is 22.3 Å². The number of nitrogens with one attached hydrogen (secondary N) is 2. The van der Waals surface area contributed by atoms with Gasteiger partial charge in [0, 0.05) is 35.4 Å². The molecule has 0 saturated carbocycles. The summed E-state index contributed by atoms with van der Waals surface area (Å²) in [4.78, 5) is 44.9. The molecule has 2 N–H and O–H groups in total. The van der Waals surface area contributed by atoms with E-state index in [1.54, 1.807) is 22.7 Å². The van der Waals surface area contributed by atoms with Crippen LogP contribution in [0.2, 0.25) is 0 Å². The van der Waals surface area contributed by atoms with Crippen molar-refractivity contribution >= 4 is 48.3 Å². The van der Waals surface area contributed by atoms with Crippen LogP contribution < -0.4 is 0 Å². The maximum atomic E-state index is 12.1. The highest BCUT2D eigenvalue weighted by Crippen LogP contribution is 2.39. The first-order valence-corrected chi connectivity index (χ1v) is 17.2. The fourth-order valence-electron chi connectivity index (χ4n) is 4.49. The summed E-state index contributed by atoms with van der Waals surface area (Å²) in [7, 11) is 0. The average molecular weight is 667 g/mol. The molecule has 246 valence electrons. The fourth-order valence-corrected chi connectivity index (χ4v) is 6.52. The predicted octanol–water partition coefficient (Wildman–Crippen LogP) is 8.20. The number of unbranched alkanes of at least 4 members (excludes halogenated alkanes) is 2. The summed E-state index contributed by atoms with van der Waals surface area (Å²) in [5.74, 6) is 1.86. The molecule has 4 aromatic heterocycles. The third kappa shape index (κ3) is 10.6. The number of thiophene rings is 2. The Kier molecular flexibility index (Phi) is 11.5. The first-order chi connectivity index (χ1) is 21.7. The zero-order valence-corrected chi connectivity index (χ0v) is 29.4. The Morgan fingerprint density at radius 3 is 1.41 bits per heavy atom. The van der Waals surface area contributed by atoms with E-state index in [1.807, 2.05) is 53.9 Å². The number of carbonyl (C=O) groups excluding carboxylic acids is 2. The van der Waals surface area contributed by atoms with Crippen molar-refractivity contribution in [1.82, 2.24) is 19.9 Å². The molecule has 0 aliphatic carbocycles. The van der Waals surface area contributed by atoms with Crippen LogP contribution >= 0.6 is 22.7 Å². The Morgan fingerprint density at radius 2 is 1.04 bits per heavy atom. The second-order valence-electron chi connectivity index (χ2n) is 13.2. The number of nitrogens with zero attached hydrogens (tertiary/aromatic N) is 4. The zero-order valence-electron chi connectivity index (χ0n) is 27.8. The summed E-state index contributed by atoms with van der Waals surface area (Å²) in [5.41, 5.74) is 0.947. The lowest BCUT2D eigenvalue weighted by Crippen LogP contribution is -2.30. The van der Waals surface area contributed by atoms with Crippen LogP contribution in [0, 0.1) is 0 Å². The van der Waals surface area contributed by atoms with Gasteiger partial charge in [0.05, 0.1) is 33.5 Å². The number of aryl methyl sites for hydroxylation is 2. The molecule has 0 spiro atoms. The van der Waals surface area contributed by atoms with Gasteiger partial charge in [0.15, 0.2) is 13.1 Å². The number of hydrogen-bond donors (Lipinski definition) is 2. The van der Waals surface area contributed by atoms with Gasteiger partial charge in [-0.05, 0) is 78.6 Å². The third-order valence-electron chi connectivity index (χ3n) is 6.73. The Bertz CT molecular complexity index is 1540. The van der Waals surface area contributed by atoms with Gasteiger partial charge in [-0.1, -0.05) is 0 Å². The lowest BCUT2D eigenvalue weighted by Gasteiger charge is -2.16. The minimum absolute atomic E-state index is 0.403. The highest BCUT2D eigenvalue weighted by molar-refractivity contribution is 7.25. The Labute approximate surface area is 279 Å². The van der Waals surface area contributed by atoms with Crippen molar-refractivity contribution in [2.24, 2.45) is 0 Å². The van der Waals surface area contributed by atoms with Gasteiger partial charge in [-0.15, -0.1) is 31.8 Å². The van der Waals surface area contributed by atoms with Gasteiger partial charge in [0.1, 0.15) is 36.3 Å². The van der Waals surface area contributed by atoms with Crippen LogP contribution in [0.25, 0.3) is 30.9 Å². The van der Waals surface area contributed by atoms with Crippen LogP contribution in [-0.4, -0.2) is 79.0 Å². The van der Waals surface area contributed by atoms with E-state index < -0.39 is 23.4 Å². The van der Waals surface area contributed by atoms with Crippen LogP contribution in [0.15, 0.2) is 36.7 Å². The van der Waals surface area contributed by atoms with Crippen LogP contribution in [0.1, 0.15) is 78.9 Å². The van der Waals surface area contributed by atoms with E-state index in [0.717, 1.165) is 71.3 Å². The molecule has 4 aromatic rings. The number of carbonyl (C=O) groups is 2. The highest BCUT2D eigenvalue weighted by Gasteiger charge is 2.25. The number of aromatic nitrogens is 4. The summed E-state index contributed by atoms with van der Waals surface area (Å²) in [5, 5.41) is 0. The average Bonchev–Trinajstić information content (AvgIpc) is 3.77. The lowest BCUT2D eigenvalue weighted by atomic mass is 10.2. The first-order valence-electron chi connectivity index (χ1n) is 15.6. The van der Waals surface area contributed by atoms with E-state index in [1.165, 1.54) is 18.9 Å². The molecule has 4 rings (SSSR count). The molecule has 0 saturated heterocycles. The molecule has 0 atom stereocenters. The van der Waals surface area contributed by atoms with E-state index in [4.69, 9.17) is 9.47 Å². The number of ether oxygens (including phenoxy) is 2. The molecule has 46 heavy (non-hydrogen) atoms. The van der Waals surface area contributed by atoms with Crippen LogP contribution in [0.3, 0.4) is 0 Å². The largest absolute Gasteiger partial charge is 0.596 e. The van der Waals surface area contributed by atoms with Gasteiger partial charge in [0.25, 0.3) is 0 Å². The molecule has 0 fully saturated rings. The number of imidazole rings is 2. The molecule has 0 aliphatic rings. The first kappa shape index (κ1) is 35.0. The molecule has 0 bridgehead atoms. The number of hydrogen-bond acceptors (Lipinski definition) is 8. The van der Waals surface area contributed by atoms with Crippen molar-refractivity contribution in [2.75, 3.05) is 13.1 Å². The summed E-state index contributed by atoms with van der Waals surface area (Å²) >= 11 is 3.46. The van der Waals surface area contributed by atoms with E-state index in [-0.39, 0.29) is 0 Å². The second kappa shape index (κ2) is 15.1. The Hall–Kier alpha value is -3.90. The number of amides is 2. The molecule has 12 heteroatoms. The normalized spacial score (nSPS) is 11.9. The monoisotopic (exact) mass is 666 g/mol. The molecule has 0 unspecified atom stereocenters. The topological polar surface area (TPSA) is 116 Å². The minimum Gasteiger partial charge on any atom is -0.406 e. The van der Waals surface area contributed by atoms with Gasteiger partial charge in [-0.3, -0.25) is 0 Å². The van der Waals surface area contributed by atoms with Crippen molar-refractivity contribution in [3.8, 4) is 30.9 Å². The number of H-pyrrole nitrogens is 2. The number of aromatic amines is 2. The molecule has 4 heterocycles. The fraction of sp³-hybridized carbons (Fsp3) is 0.471. The quantitative estimate of drug-likeness (QED) is 0.0844. The zero-order chi connectivity index (χ0) is 33.5. The SMILES string of the molecule is C=[N+](CCCCc1ncc(-c2ccc(-c3ccc(-c4cnc(CCCC[N+](=C)C(=O)OC(C)(C)C)[nH]4)s3)s2)[nH]1)C(=O)OC(C)(C)C. The van der Waals surface area contributed by atoms with Gasteiger partial charge >= 0.3 is 12.2 Å². The van der Waals surface area contributed by atoms with Crippen LogP contribution in [0.4, 0.5) is 9.59 Å². The molecule has 0 aromatic carbocycles. The highest BCUT2D eigenvalue weighted by atomic mass is 32.1. The minimum atomic E-state index is -0.528. The van der Waals surface area contributed by atoms with Gasteiger partial charge in [-0.2, -0.15) is 9.59 Å². The van der Waals surface area contributed by atoms with Crippen molar-refractivity contribution in [2.45, 2.75) is 91.3 Å². The number of rotatable bonds is 13. The predicted molar refractivity (Wildman–Crippen MR) is 186 cm³/mol. The molecular formula is C34H46N6O4S2+2. The standard InChI is InChI=1S/C34H46N6O4S2/c1-33(2,3)43-31(41)39(7)19-11-9-13-29-35-21-23(37-29)25-15-17-27(45-25)28-18-16-26(46-28)24-22-36-30(38-24)14-10-12-20-40(8)32(42)44-34(4,5)6/h15-18,21-22H,7-14,19-20H2,1-6H3,(H,35,37)(H,36,38)/q+2. The summed E-state index contributed by atoms with van der Waals surface area (Å²) in [6.07, 6.45) is 7.94. The Balaban J connectivity index is 1.23. The van der Waals surface area contributed by atoms with E-state index in [2.05, 4.69) is 57.6 Å². The van der Waals surface area contributed by atoms with Crippen molar-refractivity contribution < 1.29 is 28.2 Å². The van der Waals surface area contributed by atoms with E-state index in [9.17, 15) is 9.59 Å². The van der Waals surface area contributed by atoms with Crippen molar-refractivity contribution in [1.29, 1.82) is 0 Å². The molecular weight excluding hydrogens is 621 g/mol. The summed E-state index contributed by atoms with van der Waals surface area (Å²) < 4.78 is 13.5. The summed E-state index contributed by atoms with van der Waals surface area (Å²) in [6.45, 7) is 19.8. The van der Waals surface area contributed by atoms with Gasteiger partial charge in [-0.25, -0.2) is 9.97 Å². The third-order valence-corrected chi connectivity index (χ3v) is 9.16. The van der Waals surface area contributed by atoms with Crippen molar-refractivity contribution in [3.05, 3.63) is 48.3 Å². The van der Waals surface area contributed by atoms with E-state index in [0.29, 0.717) is 13.1 Å². The van der Waals surface area contributed by atoms with Gasteiger partial charge in [0.2, 0.25) is 0 Å². The maximum absolute atomic E-state index is 12.1. The van der Waals surface area contributed by atoms with Crippen LogP contribution in [0.5, 0.6) is 0 Å². The smallest absolute Gasteiger partial charge is 0.406 e. The maximum Gasteiger partial charge on any atom is 0.596 e. The van der Waals surface area contributed by atoms with E-state index >= 15 is 0 Å². The molecule has 2 amide bonds. The molecule has 10 nitrogen and oxygen atoms in total. The second-order valence-corrected chi connectivity index (χ2v) is 15.4. The van der Waals surface area contributed by atoms with Gasteiger partial charge < -0.3 is 19.4 Å².